The van der Waals surface area contributed by atoms with Gasteiger partial charge in [0.25, 0.3) is 0 Å². The molecule has 130 valence electrons. The van der Waals surface area contributed by atoms with Gasteiger partial charge in [0, 0.05) is 18.4 Å². The maximum Gasteiger partial charge on any atom is 0.334 e. The second-order valence-corrected chi connectivity index (χ2v) is 5.39. The summed E-state index contributed by atoms with van der Waals surface area (Å²) >= 11 is 0. The van der Waals surface area contributed by atoms with E-state index >= 15 is 0 Å². The van der Waals surface area contributed by atoms with E-state index in [0.717, 1.165) is 0 Å². The van der Waals surface area contributed by atoms with E-state index in [-0.39, 0.29) is 23.6 Å². The zero-order chi connectivity index (χ0) is 18.0. The Labute approximate surface area is 137 Å². The van der Waals surface area contributed by atoms with Crippen LogP contribution < -0.4 is 0 Å². The standard InChI is InChI=1S/C17H26O6/c1-6-8-14(18)12(4)22-16(20)10-11(3)17(21)23-13(5)15(19)9-7-2/h12-13H,3,6-10H2,1-2,4-5H3. The Kier molecular flexibility index (Phi) is 9.78. The van der Waals surface area contributed by atoms with Crippen molar-refractivity contribution in [3.05, 3.63) is 12.2 Å². The summed E-state index contributed by atoms with van der Waals surface area (Å²) in [5.41, 5.74) is -0.110. The van der Waals surface area contributed by atoms with E-state index in [1.165, 1.54) is 13.8 Å². The minimum absolute atomic E-state index is 0.110. The molecule has 6 heteroatoms. The van der Waals surface area contributed by atoms with Crippen LogP contribution in [0.25, 0.3) is 0 Å². The highest BCUT2D eigenvalue weighted by atomic mass is 16.6. The molecule has 0 saturated heterocycles. The molecule has 0 spiro atoms. The van der Waals surface area contributed by atoms with Crippen LogP contribution in [0.3, 0.4) is 0 Å². The number of Topliss-reactive ketones (excluding diaryl/α,β-unsaturated/α-hetero) is 2. The lowest BCUT2D eigenvalue weighted by Crippen LogP contribution is -2.27. The van der Waals surface area contributed by atoms with Crippen LogP contribution in [0.5, 0.6) is 0 Å². The molecule has 0 amide bonds. The first-order chi connectivity index (χ1) is 10.7. The zero-order valence-electron chi connectivity index (χ0n) is 14.3. The van der Waals surface area contributed by atoms with Crippen molar-refractivity contribution in [2.24, 2.45) is 0 Å². The summed E-state index contributed by atoms with van der Waals surface area (Å²) in [7, 11) is 0. The number of ketones is 2. The lowest BCUT2D eigenvalue weighted by molar-refractivity contribution is -0.155. The fourth-order valence-corrected chi connectivity index (χ4v) is 1.76. The lowest BCUT2D eigenvalue weighted by Gasteiger charge is -2.14. The summed E-state index contributed by atoms with van der Waals surface area (Å²) in [6.45, 7) is 10.1. The molecular formula is C17H26O6. The van der Waals surface area contributed by atoms with Crippen molar-refractivity contribution in [3.8, 4) is 0 Å². The second-order valence-electron chi connectivity index (χ2n) is 5.39. The van der Waals surface area contributed by atoms with Crippen molar-refractivity contribution >= 4 is 23.5 Å². The van der Waals surface area contributed by atoms with Gasteiger partial charge in [0.15, 0.2) is 23.8 Å². The van der Waals surface area contributed by atoms with E-state index in [1.807, 2.05) is 13.8 Å². The molecule has 0 aromatic heterocycles. The van der Waals surface area contributed by atoms with Gasteiger partial charge in [0.2, 0.25) is 0 Å². The molecular weight excluding hydrogens is 300 g/mol. The molecule has 0 aromatic carbocycles. The molecule has 0 bridgehead atoms. The van der Waals surface area contributed by atoms with Crippen molar-refractivity contribution in [1.82, 2.24) is 0 Å². The lowest BCUT2D eigenvalue weighted by atomic mass is 10.1. The monoisotopic (exact) mass is 326 g/mol. The third-order valence-electron chi connectivity index (χ3n) is 3.14. The van der Waals surface area contributed by atoms with Gasteiger partial charge < -0.3 is 9.47 Å². The van der Waals surface area contributed by atoms with E-state index in [9.17, 15) is 19.2 Å². The number of esters is 2. The molecule has 6 nitrogen and oxygen atoms in total. The Morgan fingerprint density at radius 3 is 1.74 bits per heavy atom. The van der Waals surface area contributed by atoms with Gasteiger partial charge in [-0.05, 0) is 26.7 Å². The van der Waals surface area contributed by atoms with E-state index in [4.69, 9.17) is 9.47 Å². The third-order valence-corrected chi connectivity index (χ3v) is 3.14. The number of rotatable bonds is 11. The Morgan fingerprint density at radius 1 is 0.870 bits per heavy atom. The van der Waals surface area contributed by atoms with Gasteiger partial charge in [-0.15, -0.1) is 0 Å². The topological polar surface area (TPSA) is 86.7 Å². The van der Waals surface area contributed by atoms with Crippen LogP contribution in [0.15, 0.2) is 12.2 Å². The predicted molar refractivity (Wildman–Crippen MR) is 84.7 cm³/mol. The molecule has 0 N–H and O–H groups in total. The van der Waals surface area contributed by atoms with E-state index in [1.54, 1.807) is 0 Å². The van der Waals surface area contributed by atoms with E-state index in [2.05, 4.69) is 6.58 Å². The molecule has 2 atom stereocenters. The zero-order valence-corrected chi connectivity index (χ0v) is 14.3. The van der Waals surface area contributed by atoms with Crippen LogP contribution in [0.1, 0.15) is 59.8 Å². The smallest absolute Gasteiger partial charge is 0.334 e. The van der Waals surface area contributed by atoms with Crippen molar-refractivity contribution in [2.75, 3.05) is 0 Å². The van der Waals surface area contributed by atoms with Gasteiger partial charge in [-0.3, -0.25) is 14.4 Å². The van der Waals surface area contributed by atoms with Crippen LogP contribution in [0.2, 0.25) is 0 Å². The summed E-state index contributed by atoms with van der Waals surface area (Å²) in [6.07, 6.45) is -0.121. The minimum atomic E-state index is -0.875. The maximum absolute atomic E-state index is 11.8. The number of hydrogen-bond acceptors (Lipinski definition) is 6. The molecule has 0 heterocycles. The van der Waals surface area contributed by atoms with Crippen molar-refractivity contribution in [3.63, 3.8) is 0 Å². The summed E-state index contributed by atoms with van der Waals surface area (Å²) in [6, 6.07) is 0. The molecule has 0 fully saturated rings. The second kappa shape index (κ2) is 10.7. The number of carbonyl (C=O) groups excluding carboxylic acids is 4. The highest BCUT2D eigenvalue weighted by molar-refractivity contribution is 5.95. The molecule has 23 heavy (non-hydrogen) atoms. The van der Waals surface area contributed by atoms with Gasteiger partial charge in [-0.1, -0.05) is 20.4 Å². The molecule has 0 rings (SSSR count). The van der Waals surface area contributed by atoms with Crippen LogP contribution in [-0.2, 0) is 28.7 Å². The highest BCUT2D eigenvalue weighted by Gasteiger charge is 2.22. The molecule has 0 aliphatic rings. The normalized spacial score (nSPS) is 12.9. The molecule has 0 aliphatic carbocycles. The van der Waals surface area contributed by atoms with Gasteiger partial charge in [-0.2, -0.15) is 0 Å². The number of ether oxygens (including phenoxy) is 2. The Morgan fingerprint density at radius 2 is 1.30 bits per heavy atom. The average Bonchev–Trinajstić information content (AvgIpc) is 2.47. The van der Waals surface area contributed by atoms with Gasteiger partial charge in [-0.25, -0.2) is 4.79 Å². The quantitative estimate of drug-likeness (QED) is 0.428. The molecule has 0 aromatic rings. The summed E-state index contributed by atoms with van der Waals surface area (Å²) < 4.78 is 9.91. The first-order valence-corrected chi connectivity index (χ1v) is 7.86. The van der Waals surface area contributed by atoms with Crippen LogP contribution in [0.4, 0.5) is 0 Å². The summed E-state index contributed by atoms with van der Waals surface area (Å²) in [4.78, 5) is 46.6. The molecule has 2 unspecified atom stereocenters. The molecule has 0 saturated carbocycles. The highest BCUT2D eigenvalue weighted by Crippen LogP contribution is 2.09. The van der Waals surface area contributed by atoms with Gasteiger partial charge >= 0.3 is 11.9 Å². The Balaban J connectivity index is 4.36. The van der Waals surface area contributed by atoms with Crippen LogP contribution in [0, 0.1) is 0 Å². The van der Waals surface area contributed by atoms with E-state index < -0.39 is 24.1 Å². The fourth-order valence-electron chi connectivity index (χ4n) is 1.76. The largest absolute Gasteiger partial charge is 0.454 e. The first kappa shape index (κ1) is 21.0. The van der Waals surface area contributed by atoms with Crippen molar-refractivity contribution < 1.29 is 28.7 Å². The number of carbonyl (C=O) groups is 4. The first-order valence-electron chi connectivity index (χ1n) is 7.86. The van der Waals surface area contributed by atoms with Crippen LogP contribution in [-0.4, -0.2) is 35.7 Å². The molecule has 0 radical (unpaired) electrons. The average molecular weight is 326 g/mol. The van der Waals surface area contributed by atoms with Gasteiger partial charge in [0.05, 0.1) is 6.42 Å². The summed E-state index contributed by atoms with van der Waals surface area (Å²) in [5, 5.41) is 0. The predicted octanol–water partition coefficient (Wildman–Crippen LogP) is 2.53. The fraction of sp³-hybridized carbons (Fsp3) is 0.647. The molecule has 0 aliphatic heterocycles. The maximum atomic E-state index is 11.8. The SMILES string of the molecule is C=C(CC(=O)OC(C)C(=O)CCC)C(=O)OC(C)C(=O)CCC. The third kappa shape index (κ3) is 8.28. The van der Waals surface area contributed by atoms with E-state index in [0.29, 0.717) is 25.7 Å². The number of hydrogen-bond donors (Lipinski definition) is 0. The Bertz CT molecular complexity index is 466. The summed E-state index contributed by atoms with van der Waals surface area (Å²) in [5.74, 6) is -1.90. The van der Waals surface area contributed by atoms with Crippen molar-refractivity contribution in [2.45, 2.75) is 72.0 Å². The van der Waals surface area contributed by atoms with Crippen molar-refractivity contribution in [1.29, 1.82) is 0 Å². The minimum Gasteiger partial charge on any atom is -0.454 e. The Hall–Kier alpha value is -1.98. The van der Waals surface area contributed by atoms with Crippen LogP contribution >= 0.6 is 0 Å². The van der Waals surface area contributed by atoms with Gasteiger partial charge in [0.1, 0.15) is 0 Å².